The van der Waals surface area contributed by atoms with Gasteiger partial charge >= 0.3 is 46.3 Å². The summed E-state index contributed by atoms with van der Waals surface area (Å²) in [5, 5.41) is 43.4. The Kier molecular flexibility index (Phi) is 41.6. The van der Waals surface area contributed by atoms with E-state index in [1.807, 2.05) is 0 Å². The Labute approximate surface area is 107 Å². The zero-order valence-electron chi connectivity index (χ0n) is 8.08. The van der Waals surface area contributed by atoms with Gasteiger partial charge in [-0.3, -0.25) is 0 Å². The first-order chi connectivity index (χ1) is 7.29. The minimum Gasteiger partial charge on any atom is -0.551 e. The zero-order valence-corrected chi connectivity index (χ0v) is 10.3. The predicted octanol–water partition coefficient (Wildman–Crippen LogP) is -8.32. The SMILES string of the molecule is O=C([OH2+])C(=O)[OH2+].O=C([OH2+])C(=O)[OH2+].[Nb+5].[OH2+][OH2+].[OH2+][OH2+]. The Morgan fingerprint density at radius 1 is 0.471 bits per heavy atom. The van der Waals surface area contributed by atoms with Crippen LogP contribution in [0.4, 0.5) is 0 Å². The molecule has 0 spiro atoms. The van der Waals surface area contributed by atoms with Crippen molar-refractivity contribution in [3.8, 4) is 0 Å². The maximum atomic E-state index is 9.27. The van der Waals surface area contributed by atoms with Crippen molar-refractivity contribution >= 4 is 23.9 Å². The largest absolute Gasteiger partial charge is 5.00 e. The van der Waals surface area contributed by atoms with Crippen LogP contribution in [-0.4, -0.2) is 65.3 Å². The van der Waals surface area contributed by atoms with Crippen LogP contribution >= 0.6 is 0 Å². The molecule has 0 saturated carbocycles. The smallest absolute Gasteiger partial charge is 0.551 e. The molecule has 0 aromatic rings. The van der Waals surface area contributed by atoms with Crippen molar-refractivity contribution in [2.45, 2.75) is 0 Å². The third-order valence-electron chi connectivity index (χ3n) is 0.412. The molecule has 0 heterocycles. The van der Waals surface area contributed by atoms with E-state index in [9.17, 15) is 19.2 Å². The van der Waals surface area contributed by atoms with Crippen LogP contribution in [0.5, 0.6) is 0 Å². The van der Waals surface area contributed by atoms with Gasteiger partial charge in [0.1, 0.15) is 0 Å². The van der Waals surface area contributed by atoms with Gasteiger partial charge in [-0.1, -0.05) is 0 Å². The fourth-order valence-corrected chi connectivity index (χ4v) is 0. The number of carbonyl (C=O) groups is 4. The molecule has 0 aliphatic heterocycles. The molecule has 13 heteroatoms. The zero-order chi connectivity index (χ0) is 14.3. The van der Waals surface area contributed by atoms with Crippen molar-refractivity contribution in [3.05, 3.63) is 0 Å². The second kappa shape index (κ2) is 23.9. The Hall–Kier alpha value is -1.54. The second-order valence-electron chi connectivity index (χ2n) is 1.32. The van der Waals surface area contributed by atoms with Gasteiger partial charge in [0.25, 0.3) is 0 Å². The maximum Gasteiger partial charge on any atom is 5.00 e. The molecule has 17 heavy (non-hydrogen) atoms. The molecule has 0 atom stereocenters. The van der Waals surface area contributed by atoms with Crippen LogP contribution in [0.2, 0.25) is 0 Å². The molecule has 0 aliphatic carbocycles. The minimum absolute atomic E-state index is 0. The third kappa shape index (κ3) is 53.8. The van der Waals surface area contributed by atoms with Gasteiger partial charge in [-0.15, -0.1) is 0 Å². The first kappa shape index (κ1) is 29.5. The molecule has 96 valence electrons. The van der Waals surface area contributed by atoms with Crippen LogP contribution in [0, 0.1) is 0 Å². The molecule has 0 rings (SSSR count). The topological polar surface area (TPSA) is 251 Å². The summed E-state index contributed by atoms with van der Waals surface area (Å²) in [5.41, 5.74) is 0. The summed E-state index contributed by atoms with van der Waals surface area (Å²) in [6.07, 6.45) is 0. The summed E-state index contributed by atoms with van der Waals surface area (Å²) in [4.78, 5) is 37.1. The van der Waals surface area contributed by atoms with Crippen molar-refractivity contribution in [2.24, 2.45) is 0 Å². The molecule has 0 saturated heterocycles. The molecule has 0 aromatic heterocycles. The number of hydrogen-bond acceptors (Lipinski definition) is 4. The van der Waals surface area contributed by atoms with Crippen LogP contribution < -0.4 is 0 Å². The van der Waals surface area contributed by atoms with Gasteiger partial charge in [0.15, 0.2) is 0 Å². The van der Waals surface area contributed by atoms with Gasteiger partial charge in [-0.2, -0.15) is 21.0 Å². The van der Waals surface area contributed by atoms with Crippen LogP contribution in [0.1, 0.15) is 0 Å². The normalized spacial score (nSPS) is 5.88. The van der Waals surface area contributed by atoms with Crippen molar-refractivity contribution in [1.29, 1.82) is 0 Å². The summed E-state index contributed by atoms with van der Waals surface area (Å²) in [5.74, 6) is -5.85. The number of hydrogen-bond donors (Lipinski definition) is 0. The first-order valence-corrected chi connectivity index (χ1v) is 2.82. The fraction of sp³-hybridized carbons (Fsp3) is 0. The van der Waals surface area contributed by atoms with Gasteiger partial charge in [0, 0.05) is 0 Å². The molecule has 0 amide bonds. The van der Waals surface area contributed by atoms with E-state index in [0.29, 0.717) is 0 Å². The van der Waals surface area contributed by atoms with E-state index in [1.165, 1.54) is 0 Å². The van der Waals surface area contributed by atoms with E-state index in [0.717, 1.165) is 0 Å². The Balaban J connectivity index is -0.0000000417. The quantitative estimate of drug-likeness (QED) is 0.136. The average molecular weight is 349 g/mol. The summed E-state index contributed by atoms with van der Waals surface area (Å²) in [7, 11) is 0. The standard InChI is InChI=1S/2C2H2O4.Nb.2H4O2/c2*3-1(4)2(5)6;;2*1-2/h2*(H,3,4)(H,5,6);;2*1-2H2/q;;+5;2*+2/p+4. The Morgan fingerprint density at radius 3 is 0.529 bits per heavy atom. The van der Waals surface area contributed by atoms with Crippen LogP contribution in [0.25, 0.3) is 0 Å². The molecular formula is C4H16NbO12+13. The van der Waals surface area contributed by atoms with Gasteiger partial charge in [-0.25, -0.2) is 0 Å². The fourth-order valence-electron chi connectivity index (χ4n) is 0. The summed E-state index contributed by atoms with van der Waals surface area (Å²) in [6, 6.07) is 0. The monoisotopic (exact) mass is 349 g/mol. The summed E-state index contributed by atoms with van der Waals surface area (Å²) >= 11 is 0. The molecule has 16 N–H and O–H groups in total. The number of rotatable bonds is 0. The van der Waals surface area contributed by atoms with Crippen LogP contribution in [-0.2, 0) is 41.6 Å². The van der Waals surface area contributed by atoms with E-state index in [-0.39, 0.29) is 22.4 Å². The van der Waals surface area contributed by atoms with E-state index < -0.39 is 23.9 Å². The molecule has 12 nitrogen and oxygen atoms in total. The average Bonchev–Trinajstić information content (AvgIpc) is 2.24. The molecule has 0 radical (unpaired) electrons. The van der Waals surface area contributed by atoms with Crippen LogP contribution in [0.3, 0.4) is 0 Å². The van der Waals surface area contributed by atoms with E-state index >= 15 is 0 Å². The van der Waals surface area contributed by atoms with Crippen molar-refractivity contribution < 1.29 is 83.0 Å². The predicted molar refractivity (Wildman–Crippen MR) is 48.9 cm³/mol. The molecule has 0 unspecified atom stereocenters. The molecule has 0 fully saturated rings. The van der Waals surface area contributed by atoms with E-state index in [4.69, 9.17) is 41.5 Å². The van der Waals surface area contributed by atoms with E-state index in [1.54, 1.807) is 0 Å². The summed E-state index contributed by atoms with van der Waals surface area (Å²) in [6.45, 7) is 0. The Morgan fingerprint density at radius 2 is 0.529 bits per heavy atom. The molecule has 0 aliphatic rings. The van der Waals surface area contributed by atoms with Crippen LogP contribution in [0.15, 0.2) is 0 Å². The van der Waals surface area contributed by atoms with Gasteiger partial charge in [0.2, 0.25) is 0 Å². The molecular weight excluding hydrogens is 333 g/mol. The van der Waals surface area contributed by atoms with Crippen molar-refractivity contribution in [1.82, 2.24) is 0 Å². The third-order valence-corrected chi connectivity index (χ3v) is 0.412. The summed E-state index contributed by atoms with van der Waals surface area (Å²) < 4.78 is 0. The molecule has 0 bridgehead atoms. The van der Waals surface area contributed by atoms with Gasteiger partial charge in [0.05, 0.1) is 19.2 Å². The van der Waals surface area contributed by atoms with Gasteiger partial charge < -0.3 is 20.4 Å². The van der Waals surface area contributed by atoms with Crippen molar-refractivity contribution in [2.75, 3.05) is 0 Å². The Bertz CT molecular complexity index is 175. The van der Waals surface area contributed by atoms with Crippen molar-refractivity contribution in [3.63, 3.8) is 0 Å². The maximum absolute atomic E-state index is 9.27. The van der Waals surface area contributed by atoms with E-state index in [2.05, 4.69) is 0 Å². The first-order valence-electron chi connectivity index (χ1n) is 2.82. The number of carbonyl (C=O) groups excluding carboxylic acids is 4. The second-order valence-corrected chi connectivity index (χ2v) is 1.32. The molecule has 0 aromatic carbocycles. The van der Waals surface area contributed by atoms with Gasteiger partial charge in [-0.05, 0) is 0 Å². The minimum atomic E-state index is -1.46.